The lowest BCUT2D eigenvalue weighted by Gasteiger charge is -2.13. The Labute approximate surface area is 126 Å². The van der Waals surface area contributed by atoms with Crippen LogP contribution in [0, 0.1) is 0 Å². The Bertz CT molecular complexity index is 609. The molecule has 0 saturated heterocycles. The Balaban J connectivity index is 2.16. The molecule has 2 aromatic carbocycles. The number of carbonyl (C=O) groups is 1. The number of aromatic hydroxyl groups is 1. The molecule has 2 rings (SSSR count). The molecule has 2 aromatic rings. The van der Waals surface area contributed by atoms with E-state index >= 15 is 0 Å². The van der Waals surface area contributed by atoms with Crippen LogP contribution in [0.1, 0.15) is 11.6 Å². The van der Waals surface area contributed by atoms with E-state index in [1.165, 1.54) is 12.1 Å². The lowest BCUT2D eigenvalue weighted by atomic mass is 10.1. The van der Waals surface area contributed by atoms with E-state index in [4.69, 9.17) is 28.9 Å². The molecular weight excluding hydrogens is 299 g/mol. The summed E-state index contributed by atoms with van der Waals surface area (Å²) in [5.41, 5.74) is 6.93. The average molecular weight is 311 g/mol. The third-order valence-electron chi connectivity index (χ3n) is 2.73. The normalized spacial score (nSPS) is 11.9. The van der Waals surface area contributed by atoms with Crippen LogP contribution in [0.3, 0.4) is 0 Å². The Morgan fingerprint density at radius 3 is 2.25 bits per heavy atom. The van der Waals surface area contributed by atoms with Crippen LogP contribution in [0.4, 0.5) is 5.69 Å². The second-order valence-electron chi connectivity index (χ2n) is 4.17. The van der Waals surface area contributed by atoms with Gasteiger partial charge in [-0.3, -0.25) is 4.79 Å². The summed E-state index contributed by atoms with van der Waals surface area (Å²) in [6.45, 7) is 0. The number of nitrogens with two attached hydrogens (primary N) is 1. The van der Waals surface area contributed by atoms with Crippen LogP contribution in [0.2, 0.25) is 10.0 Å². The van der Waals surface area contributed by atoms with E-state index in [0.29, 0.717) is 11.3 Å². The van der Waals surface area contributed by atoms with Crippen molar-refractivity contribution in [1.29, 1.82) is 0 Å². The first-order valence-electron chi connectivity index (χ1n) is 5.78. The van der Waals surface area contributed by atoms with Gasteiger partial charge in [0.1, 0.15) is 6.04 Å². The Hall–Kier alpha value is -1.75. The second-order valence-corrected chi connectivity index (χ2v) is 4.98. The Morgan fingerprint density at radius 1 is 1.15 bits per heavy atom. The molecule has 0 unspecified atom stereocenters. The van der Waals surface area contributed by atoms with E-state index < -0.39 is 11.9 Å². The number of hydrogen-bond acceptors (Lipinski definition) is 3. The zero-order valence-electron chi connectivity index (χ0n) is 10.3. The zero-order valence-corrected chi connectivity index (χ0v) is 11.8. The van der Waals surface area contributed by atoms with E-state index in [1.807, 2.05) is 6.07 Å². The molecule has 4 N–H and O–H groups in total. The van der Waals surface area contributed by atoms with Gasteiger partial charge in [-0.15, -0.1) is 0 Å². The summed E-state index contributed by atoms with van der Waals surface area (Å²) in [6, 6.07) is 11.0. The molecule has 0 aliphatic rings. The van der Waals surface area contributed by atoms with Gasteiger partial charge in [0, 0.05) is 5.69 Å². The predicted molar refractivity (Wildman–Crippen MR) is 80.1 cm³/mol. The maximum Gasteiger partial charge on any atom is 0.245 e. The van der Waals surface area contributed by atoms with Gasteiger partial charge in [-0.1, -0.05) is 53.5 Å². The quantitative estimate of drug-likeness (QED) is 0.761. The van der Waals surface area contributed by atoms with Crippen LogP contribution in [0.25, 0.3) is 0 Å². The number of phenols is 1. The molecule has 0 radical (unpaired) electrons. The minimum atomic E-state index is -0.803. The molecule has 0 bridgehead atoms. The Morgan fingerprint density at radius 2 is 1.70 bits per heavy atom. The molecule has 4 nitrogen and oxygen atoms in total. The average Bonchev–Trinajstić information content (AvgIpc) is 2.44. The van der Waals surface area contributed by atoms with Crippen molar-refractivity contribution in [1.82, 2.24) is 0 Å². The van der Waals surface area contributed by atoms with Crippen molar-refractivity contribution in [2.75, 3.05) is 5.32 Å². The summed E-state index contributed by atoms with van der Waals surface area (Å²) in [5, 5.41) is 12.2. The highest BCUT2D eigenvalue weighted by Crippen LogP contribution is 2.34. The minimum Gasteiger partial charge on any atom is -0.505 e. The predicted octanol–water partition coefficient (Wildman–Crippen LogP) is 3.34. The number of carbonyl (C=O) groups excluding carboxylic acids is 1. The van der Waals surface area contributed by atoms with Crippen molar-refractivity contribution < 1.29 is 9.90 Å². The molecule has 0 heterocycles. The van der Waals surface area contributed by atoms with Crippen molar-refractivity contribution in [3.05, 3.63) is 58.1 Å². The second kappa shape index (κ2) is 6.13. The lowest BCUT2D eigenvalue weighted by Crippen LogP contribution is -2.27. The monoisotopic (exact) mass is 310 g/mol. The Kier molecular flexibility index (Phi) is 4.49. The summed E-state index contributed by atoms with van der Waals surface area (Å²) in [4.78, 5) is 12.0. The lowest BCUT2D eigenvalue weighted by molar-refractivity contribution is -0.117. The zero-order chi connectivity index (χ0) is 14.7. The maximum atomic E-state index is 12.0. The highest BCUT2D eigenvalue weighted by Gasteiger charge is 2.16. The van der Waals surface area contributed by atoms with Gasteiger partial charge in [0.15, 0.2) is 5.75 Å². The first kappa shape index (κ1) is 14.7. The number of hydrogen-bond donors (Lipinski definition) is 3. The summed E-state index contributed by atoms with van der Waals surface area (Å²) in [6.07, 6.45) is 0. The summed E-state index contributed by atoms with van der Waals surface area (Å²) in [5.74, 6) is -0.618. The van der Waals surface area contributed by atoms with Crippen LogP contribution in [-0.4, -0.2) is 11.0 Å². The van der Waals surface area contributed by atoms with Crippen molar-refractivity contribution >= 4 is 34.8 Å². The molecule has 0 spiro atoms. The molecule has 20 heavy (non-hydrogen) atoms. The van der Waals surface area contributed by atoms with E-state index in [0.717, 1.165) is 0 Å². The van der Waals surface area contributed by atoms with E-state index in [2.05, 4.69) is 5.32 Å². The SMILES string of the molecule is N[C@H](C(=O)Nc1cc(Cl)c(O)c(Cl)c1)c1ccccc1. The van der Waals surface area contributed by atoms with Crippen molar-refractivity contribution in [3.63, 3.8) is 0 Å². The number of anilines is 1. The summed E-state index contributed by atoms with van der Waals surface area (Å²) < 4.78 is 0. The minimum absolute atomic E-state index is 0.0566. The fourth-order valence-electron chi connectivity index (χ4n) is 1.67. The van der Waals surface area contributed by atoms with E-state index in [1.54, 1.807) is 24.3 Å². The summed E-state index contributed by atoms with van der Waals surface area (Å²) >= 11 is 11.6. The van der Waals surface area contributed by atoms with Gasteiger partial charge in [-0.25, -0.2) is 0 Å². The topological polar surface area (TPSA) is 75.4 Å². The number of amides is 1. The molecule has 1 amide bonds. The third kappa shape index (κ3) is 3.22. The van der Waals surface area contributed by atoms with Gasteiger partial charge in [-0.2, -0.15) is 0 Å². The molecular formula is C14H12Cl2N2O2. The molecule has 0 aromatic heterocycles. The first-order chi connectivity index (χ1) is 9.49. The van der Waals surface area contributed by atoms with Gasteiger partial charge < -0.3 is 16.2 Å². The smallest absolute Gasteiger partial charge is 0.245 e. The molecule has 104 valence electrons. The highest BCUT2D eigenvalue weighted by molar-refractivity contribution is 6.37. The van der Waals surface area contributed by atoms with Crippen LogP contribution < -0.4 is 11.1 Å². The molecule has 6 heteroatoms. The largest absolute Gasteiger partial charge is 0.505 e. The van der Waals surface area contributed by atoms with Gasteiger partial charge >= 0.3 is 0 Å². The fourth-order valence-corrected chi connectivity index (χ4v) is 2.16. The van der Waals surface area contributed by atoms with Crippen LogP contribution in [-0.2, 0) is 4.79 Å². The fraction of sp³-hybridized carbons (Fsp3) is 0.0714. The van der Waals surface area contributed by atoms with E-state index in [-0.39, 0.29) is 15.8 Å². The number of rotatable bonds is 3. The molecule has 0 aliphatic carbocycles. The van der Waals surface area contributed by atoms with E-state index in [9.17, 15) is 9.90 Å². The van der Waals surface area contributed by atoms with Crippen LogP contribution in [0.15, 0.2) is 42.5 Å². The van der Waals surface area contributed by atoms with Crippen molar-refractivity contribution in [2.24, 2.45) is 5.73 Å². The number of halogens is 2. The molecule has 1 atom stereocenters. The first-order valence-corrected chi connectivity index (χ1v) is 6.54. The molecule has 0 aliphatic heterocycles. The molecule has 0 fully saturated rings. The number of benzene rings is 2. The van der Waals surface area contributed by atoms with Gasteiger partial charge in [0.05, 0.1) is 10.0 Å². The molecule has 0 saturated carbocycles. The number of nitrogens with one attached hydrogen (secondary N) is 1. The summed E-state index contributed by atoms with van der Waals surface area (Å²) in [7, 11) is 0. The van der Waals surface area contributed by atoms with Gasteiger partial charge in [0.2, 0.25) is 5.91 Å². The maximum absolute atomic E-state index is 12.0. The van der Waals surface area contributed by atoms with Crippen LogP contribution >= 0.6 is 23.2 Å². The highest BCUT2D eigenvalue weighted by atomic mass is 35.5. The standard InChI is InChI=1S/C14H12Cl2N2O2/c15-10-6-9(7-11(16)13(10)19)18-14(20)12(17)8-4-2-1-3-5-8/h1-7,12,19H,17H2,(H,18,20)/t12-/m0/s1. The van der Waals surface area contributed by atoms with Crippen molar-refractivity contribution in [2.45, 2.75) is 6.04 Å². The van der Waals surface area contributed by atoms with Gasteiger partial charge in [-0.05, 0) is 17.7 Å². The van der Waals surface area contributed by atoms with Gasteiger partial charge in [0.25, 0.3) is 0 Å². The number of phenolic OH excluding ortho intramolecular Hbond substituents is 1. The van der Waals surface area contributed by atoms with Crippen molar-refractivity contribution in [3.8, 4) is 5.75 Å². The van der Waals surface area contributed by atoms with Crippen LogP contribution in [0.5, 0.6) is 5.75 Å². The third-order valence-corrected chi connectivity index (χ3v) is 3.30.